The zero-order valence-electron chi connectivity index (χ0n) is 14.8. The fraction of sp³-hybridized carbons (Fsp3) is 0.562. The van der Waals surface area contributed by atoms with Gasteiger partial charge in [0.15, 0.2) is 0 Å². The maximum absolute atomic E-state index is 12.4. The number of hydrogen-bond donors (Lipinski definition) is 0. The standard InChI is InChI=1S/C16H21N5O4S/c1-3-20-14(23)15(24)21(16(20)25)10-18-4-6-19(7-5-18)13(22)8-12-17-11(2)9-26-12/h9H,3-8,10H2,1-2H3. The zero-order chi connectivity index (χ0) is 18.8. The Hall–Kier alpha value is -2.33. The van der Waals surface area contributed by atoms with Crippen molar-refractivity contribution in [1.82, 2.24) is 24.6 Å². The molecule has 2 aliphatic heterocycles. The number of rotatable bonds is 5. The first-order chi connectivity index (χ1) is 12.4. The van der Waals surface area contributed by atoms with E-state index >= 15 is 0 Å². The van der Waals surface area contributed by atoms with Crippen molar-refractivity contribution in [2.45, 2.75) is 20.3 Å². The molecule has 0 saturated carbocycles. The van der Waals surface area contributed by atoms with E-state index in [4.69, 9.17) is 0 Å². The van der Waals surface area contributed by atoms with E-state index in [1.165, 1.54) is 11.3 Å². The summed E-state index contributed by atoms with van der Waals surface area (Å²) in [6.07, 6.45) is 0.293. The minimum Gasteiger partial charge on any atom is -0.340 e. The van der Waals surface area contributed by atoms with Gasteiger partial charge in [-0.25, -0.2) is 14.7 Å². The molecule has 0 aliphatic carbocycles. The number of aryl methyl sites for hydroxylation is 1. The zero-order valence-corrected chi connectivity index (χ0v) is 15.6. The van der Waals surface area contributed by atoms with Gasteiger partial charge in [0.1, 0.15) is 5.01 Å². The van der Waals surface area contributed by atoms with E-state index in [1.54, 1.807) is 11.8 Å². The number of thiazole rings is 1. The lowest BCUT2D eigenvalue weighted by molar-refractivity contribution is -0.144. The van der Waals surface area contributed by atoms with E-state index in [1.807, 2.05) is 17.2 Å². The normalized spacial score (nSPS) is 19.0. The molecule has 1 aromatic heterocycles. The SMILES string of the molecule is CCN1C(=O)C(=O)N(CN2CCN(C(=O)Cc3nc(C)cs3)CC2)C1=O. The van der Waals surface area contributed by atoms with Crippen LogP contribution >= 0.6 is 11.3 Å². The molecule has 2 saturated heterocycles. The minimum absolute atomic E-state index is 0.0275. The summed E-state index contributed by atoms with van der Waals surface area (Å²) in [6.45, 7) is 5.93. The molecule has 0 bridgehead atoms. The first-order valence-corrected chi connectivity index (χ1v) is 9.37. The van der Waals surface area contributed by atoms with Crippen LogP contribution in [0.25, 0.3) is 0 Å². The van der Waals surface area contributed by atoms with E-state index in [2.05, 4.69) is 4.98 Å². The van der Waals surface area contributed by atoms with Gasteiger partial charge in [0.2, 0.25) is 5.91 Å². The number of amides is 5. The lowest BCUT2D eigenvalue weighted by Crippen LogP contribution is -2.53. The van der Waals surface area contributed by atoms with Crippen molar-refractivity contribution >= 4 is 35.1 Å². The van der Waals surface area contributed by atoms with Gasteiger partial charge in [0, 0.05) is 43.8 Å². The molecular formula is C16H21N5O4S. The fourth-order valence-corrected chi connectivity index (χ4v) is 3.78. The smallest absolute Gasteiger partial charge is 0.335 e. The number of hydrogen-bond acceptors (Lipinski definition) is 7. The Morgan fingerprint density at radius 1 is 1.12 bits per heavy atom. The third-order valence-corrected chi connectivity index (χ3v) is 5.45. The molecule has 10 heteroatoms. The molecule has 2 fully saturated rings. The van der Waals surface area contributed by atoms with Crippen molar-refractivity contribution in [2.75, 3.05) is 39.4 Å². The highest BCUT2D eigenvalue weighted by atomic mass is 32.1. The van der Waals surface area contributed by atoms with E-state index in [0.29, 0.717) is 32.6 Å². The first-order valence-electron chi connectivity index (χ1n) is 8.49. The van der Waals surface area contributed by atoms with Gasteiger partial charge in [-0.15, -0.1) is 11.3 Å². The van der Waals surface area contributed by atoms with Crippen LogP contribution in [0.2, 0.25) is 0 Å². The number of aromatic nitrogens is 1. The summed E-state index contributed by atoms with van der Waals surface area (Å²) in [5.74, 6) is -1.53. The molecule has 140 valence electrons. The van der Waals surface area contributed by atoms with E-state index in [-0.39, 0.29) is 19.1 Å². The number of piperazine rings is 1. The van der Waals surface area contributed by atoms with Gasteiger partial charge in [0.25, 0.3) is 0 Å². The predicted octanol–water partition coefficient (Wildman–Crippen LogP) is -0.0936. The average molecular weight is 379 g/mol. The molecule has 0 spiro atoms. The summed E-state index contributed by atoms with van der Waals surface area (Å²) in [5.41, 5.74) is 0.915. The summed E-state index contributed by atoms with van der Waals surface area (Å²) in [6, 6.07) is -0.569. The molecule has 3 heterocycles. The van der Waals surface area contributed by atoms with Crippen LogP contribution in [0.4, 0.5) is 4.79 Å². The molecule has 9 nitrogen and oxygen atoms in total. The number of urea groups is 1. The third kappa shape index (κ3) is 3.61. The van der Waals surface area contributed by atoms with Gasteiger partial charge in [-0.3, -0.25) is 24.2 Å². The highest BCUT2D eigenvalue weighted by Gasteiger charge is 2.44. The summed E-state index contributed by atoms with van der Waals surface area (Å²) in [5, 5.41) is 2.73. The van der Waals surface area contributed by atoms with Gasteiger partial charge < -0.3 is 4.90 Å². The predicted molar refractivity (Wildman–Crippen MR) is 93.2 cm³/mol. The Labute approximate surface area is 155 Å². The summed E-state index contributed by atoms with van der Waals surface area (Å²) in [7, 11) is 0. The van der Waals surface area contributed by atoms with Crippen molar-refractivity contribution in [3.8, 4) is 0 Å². The molecule has 5 amide bonds. The second-order valence-electron chi connectivity index (χ2n) is 6.26. The largest absolute Gasteiger partial charge is 0.340 e. The van der Waals surface area contributed by atoms with Gasteiger partial charge in [-0.1, -0.05) is 0 Å². The van der Waals surface area contributed by atoms with Crippen molar-refractivity contribution in [3.63, 3.8) is 0 Å². The third-order valence-electron chi connectivity index (χ3n) is 4.49. The number of carbonyl (C=O) groups is 4. The summed E-state index contributed by atoms with van der Waals surface area (Å²) >= 11 is 1.48. The Balaban J connectivity index is 1.51. The molecule has 0 radical (unpaired) electrons. The van der Waals surface area contributed by atoms with Crippen LogP contribution in [0, 0.1) is 6.92 Å². The van der Waals surface area contributed by atoms with Crippen LogP contribution in [0.15, 0.2) is 5.38 Å². The lowest BCUT2D eigenvalue weighted by Gasteiger charge is -2.35. The van der Waals surface area contributed by atoms with E-state index < -0.39 is 17.8 Å². The Bertz CT molecular complexity index is 741. The van der Waals surface area contributed by atoms with Crippen molar-refractivity contribution in [1.29, 1.82) is 0 Å². The van der Waals surface area contributed by atoms with Gasteiger partial charge in [0.05, 0.1) is 13.1 Å². The number of imide groups is 2. The second-order valence-corrected chi connectivity index (χ2v) is 7.21. The molecule has 3 rings (SSSR count). The number of nitrogens with zero attached hydrogens (tertiary/aromatic N) is 5. The van der Waals surface area contributed by atoms with Crippen molar-refractivity contribution in [3.05, 3.63) is 16.1 Å². The fourth-order valence-electron chi connectivity index (χ4n) is 3.02. The minimum atomic E-state index is -0.783. The molecule has 0 aromatic carbocycles. The number of carbonyl (C=O) groups excluding carboxylic acids is 4. The van der Waals surface area contributed by atoms with E-state index in [0.717, 1.165) is 20.5 Å². The van der Waals surface area contributed by atoms with Crippen LogP contribution in [-0.4, -0.2) is 87.7 Å². The van der Waals surface area contributed by atoms with Crippen molar-refractivity contribution in [2.24, 2.45) is 0 Å². The average Bonchev–Trinajstić information content (AvgIpc) is 3.12. The van der Waals surface area contributed by atoms with Crippen LogP contribution in [-0.2, 0) is 20.8 Å². The van der Waals surface area contributed by atoms with E-state index in [9.17, 15) is 19.2 Å². The molecule has 0 unspecified atom stereocenters. The van der Waals surface area contributed by atoms with Gasteiger partial charge in [-0.05, 0) is 13.8 Å². The second kappa shape index (κ2) is 7.50. The molecule has 2 aliphatic rings. The molecule has 26 heavy (non-hydrogen) atoms. The molecule has 0 atom stereocenters. The maximum Gasteiger partial charge on any atom is 0.335 e. The monoisotopic (exact) mass is 379 g/mol. The Morgan fingerprint density at radius 2 is 1.77 bits per heavy atom. The topological polar surface area (TPSA) is 94.1 Å². The van der Waals surface area contributed by atoms with Gasteiger partial charge in [-0.2, -0.15) is 0 Å². The van der Waals surface area contributed by atoms with Crippen LogP contribution in [0.3, 0.4) is 0 Å². The molecule has 0 N–H and O–H groups in total. The summed E-state index contributed by atoms with van der Waals surface area (Å²) in [4.78, 5) is 58.1. The highest BCUT2D eigenvalue weighted by molar-refractivity contribution is 7.09. The molecular weight excluding hydrogens is 358 g/mol. The van der Waals surface area contributed by atoms with Crippen molar-refractivity contribution < 1.29 is 19.2 Å². The lowest BCUT2D eigenvalue weighted by atomic mass is 10.3. The quantitative estimate of drug-likeness (QED) is 0.524. The number of likely N-dealkylation sites (N-methyl/N-ethyl adjacent to an activating group) is 1. The maximum atomic E-state index is 12.4. The van der Waals surface area contributed by atoms with Crippen LogP contribution in [0.5, 0.6) is 0 Å². The van der Waals surface area contributed by atoms with Crippen LogP contribution < -0.4 is 0 Å². The summed E-state index contributed by atoms with van der Waals surface area (Å²) < 4.78 is 0. The van der Waals surface area contributed by atoms with Gasteiger partial charge >= 0.3 is 17.8 Å². The first kappa shape index (κ1) is 18.5. The Morgan fingerprint density at radius 3 is 2.31 bits per heavy atom. The Kier molecular flexibility index (Phi) is 5.33. The highest BCUT2D eigenvalue weighted by Crippen LogP contribution is 2.15. The van der Waals surface area contributed by atoms with Crippen LogP contribution in [0.1, 0.15) is 17.6 Å². The molecule has 1 aromatic rings.